The Morgan fingerprint density at radius 1 is 1.05 bits per heavy atom. The van der Waals surface area contributed by atoms with Crippen LogP contribution in [0, 0.1) is 0 Å². The molecule has 2 nitrogen and oxygen atoms in total. The van der Waals surface area contributed by atoms with E-state index in [4.69, 9.17) is 0 Å². The van der Waals surface area contributed by atoms with Crippen LogP contribution in [-0.2, 0) is 5.41 Å². The lowest BCUT2D eigenvalue weighted by molar-refractivity contribution is 0.0710. The molecule has 0 aromatic heterocycles. The summed E-state index contributed by atoms with van der Waals surface area (Å²) in [5.74, 6) is 0.195. The minimum Gasteiger partial charge on any atom is -0.297 e. The Morgan fingerprint density at radius 3 is 1.84 bits per heavy atom. The fourth-order valence-electron chi connectivity index (χ4n) is 2.11. The molecule has 0 amide bonds. The number of hydrogen-bond donors (Lipinski definition) is 0. The average Bonchev–Trinajstić information content (AvgIpc) is 2.35. The van der Waals surface area contributed by atoms with E-state index in [1.807, 2.05) is 38.1 Å². The van der Waals surface area contributed by atoms with Gasteiger partial charge in [-0.25, -0.2) is 0 Å². The van der Waals surface area contributed by atoms with Crippen LogP contribution < -0.4 is 0 Å². The average molecular weight is 261 g/mol. The van der Waals surface area contributed by atoms with E-state index in [2.05, 4.69) is 39.8 Å². The molecular formula is C17H27NO. The minimum absolute atomic E-state index is 0.122. The summed E-state index contributed by atoms with van der Waals surface area (Å²) in [6.45, 7) is 10.6. The van der Waals surface area contributed by atoms with E-state index in [1.165, 1.54) is 5.56 Å². The van der Waals surface area contributed by atoms with Gasteiger partial charge in [-0.3, -0.25) is 9.69 Å². The molecule has 0 radical (unpaired) electrons. The Hall–Kier alpha value is -1.15. The molecule has 0 saturated heterocycles. The Morgan fingerprint density at radius 2 is 1.53 bits per heavy atom. The van der Waals surface area contributed by atoms with Crippen molar-refractivity contribution in [1.29, 1.82) is 0 Å². The molecule has 0 heterocycles. The van der Waals surface area contributed by atoms with E-state index in [0.29, 0.717) is 0 Å². The van der Waals surface area contributed by atoms with Gasteiger partial charge in [0.1, 0.15) is 0 Å². The number of benzene rings is 1. The van der Waals surface area contributed by atoms with Crippen molar-refractivity contribution < 1.29 is 4.79 Å². The van der Waals surface area contributed by atoms with Crippen molar-refractivity contribution in [2.45, 2.75) is 52.0 Å². The summed E-state index contributed by atoms with van der Waals surface area (Å²) in [5.41, 5.74) is 1.75. The molecule has 1 aromatic carbocycles. The summed E-state index contributed by atoms with van der Waals surface area (Å²) in [4.78, 5) is 14.7. The number of carbonyl (C=O) groups is 1. The number of ketones is 1. The highest BCUT2D eigenvalue weighted by atomic mass is 16.1. The molecule has 106 valence electrons. The quantitative estimate of drug-likeness (QED) is 0.766. The minimum atomic E-state index is -0.427. The van der Waals surface area contributed by atoms with Crippen LogP contribution in [0.15, 0.2) is 24.3 Å². The summed E-state index contributed by atoms with van der Waals surface area (Å²) in [6, 6.07) is 8.05. The Bertz CT molecular complexity index is 439. The third kappa shape index (κ3) is 3.24. The normalized spacial score (nSPS) is 15.4. The van der Waals surface area contributed by atoms with Gasteiger partial charge in [0, 0.05) is 5.56 Å². The summed E-state index contributed by atoms with van der Waals surface area (Å²) in [5, 5.41) is 0. The number of hydrogen-bond acceptors (Lipinski definition) is 2. The molecule has 0 N–H and O–H groups in total. The molecule has 0 aliphatic heterocycles. The van der Waals surface area contributed by atoms with Gasteiger partial charge in [0.15, 0.2) is 5.78 Å². The summed E-state index contributed by atoms with van der Waals surface area (Å²) < 4.78 is 0. The zero-order valence-electron chi connectivity index (χ0n) is 13.4. The Kier molecular flexibility index (Phi) is 4.57. The first-order valence-electron chi connectivity index (χ1n) is 6.95. The highest BCUT2D eigenvalue weighted by Gasteiger charge is 2.34. The molecule has 19 heavy (non-hydrogen) atoms. The van der Waals surface area contributed by atoms with Crippen LogP contribution in [0.2, 0.25) is 0 Å². The predicted molar refractivity (Wildman–Crippen MR) is 81.9 cm³/mol. The van der Waals surface area contributed by atoms with Crippen LogP contribution in [0.1, 0.15) is 57.0 Å². The highest BCUT2D eigenvalue weighted by molar-refractivity contribution is 6.02. The predicted octanol–water partition coefficient (Wildman–Crippen LogP) is 3.90. The second-order valence-electron chi connectivity index (χ2n) is 6.68. The van der Waals surface area contributed by atoms with E-state index >= 15 is 0 Å². The van der Waals surface area contributed by atoms with Crippen molar-refractivity contribution in [1.82, 2.24) is 4.90 Å². The fraction of sp³-hybridized carbons (Fsp3) is 0.588. The number of Topliss-reactive ketones (excluding diaryl/α,β-unsaturated/α-hetero) is 1. The van der Waals surface area contributed by atoms with E-state index in [-0.39, 0.29) is 11.2 Å². The van der Waals surface area contributed by atoms with E-state index in [1.54, 1.807) is 0 Å². The number of rotatable bonds is 4. The van der Waals surface area contributed by atoms with Gasteiger partial charge in [0.25, 0.3) is 0 Å². The third-order valence-corrected chi connectivity index (χ3v) is 4.18. The molecule has 0 spiro atoms. The van der Waals surface area contributed by atoms with Crippen LogP contribution in [0.3, 0.4) is 0 Å². The molecule has 0 aliphatic carbocycles. The summed E-state index contributed by atoms with van der Waals surface area (Å²) in [6.07, 6.45) is 0.805. The maximum Gasteiger partial charge on any atom is 0.182 e. The second kappa shape index (κ2) is 5.46. The van der Waals surface area contributed by atoms with Crippen LogP contribution in [0.25, 0.3) is 0 Å². The molecule has 0 fully saturated rings. The van der Waals surface area contributed by atoms with Gasteiger partial charge in [-0.1, -0.05) is 52.0 Å². The molecule has 1 atom stereocenters. The number of nitrogens with zero attached hydrogens (tertiary/aromatic N) is 1. The van der Waals surface area contributed by atoms with Gasteiger partial charge in [-0.05, 0) is 38.4 Å². The smallest absolute Gasteiger partial charge is 0.182 e. The molecule has 1 aromatic rings. The van der Waals surface area contributed by atoms with E-state index in [9.17, 15) is 4.79 Å². The van der Waals surface area contributed by atoms with E-state index < -0.39 is 5.54 Å². The van der Waals surface area contributed by atoms with Crippen LogP contribution in [-0.4, -0.2) is 30.3 Å². The molecule has 1 unspecified atom stereocenters. The van der Waals surface area contributed by atoms with Gasteiger partial charge in [0.05, 0.1) is 5.54 Å². The summed E-state index contributed by atoms with van der Waals surface area (Å²) >= 11 is 0. The monoisotopic (exact) mass is 261 g/mol. The summed E-state index contributed by atoms with van der Waals surface area (Å²) in [7, 11) is 3.93. The molecule has 1 rings (SSSR count). The van der Waals surface area contributed by atoms with Crippen LogP contribution >= 0.6 is 0 Å². The Labute approximate surface area is 117 Å². The maximum absolute atomic E-state index is 12.7. The van der Waals surface area contributed by atoms with Gasteiger partial charge < -0.3 is 0 Å². The molecule has 0 bridgehead atoms. The second-order valence-corrected chi connectivity index (χ2v) is 6.68. The molecule has 0 saturated carbocycles. The first-order valence-corrected chi connectivity index (χ1v) is 6.95. The lowest BCUT2D eigenvalue weighted by atomic mass is 9.84. The zero-order valence-corrected chi connectivity index (χ0v) is 13.4. The lowest BCUT2D eigenvalue weighted by Gasteiger charge is -2.34. The first-order chi connectivity index (χ1) is 8.63. The van der Waals surface area contributed by atoms with Crippen molar-refractivity contribution in [3.8, 4) is 0 Å². The van der Waals surface area contributed by atoms with Crippen molar-refractivity contribution in [2.24, 2.45) is 0 Å². The van der Waals surface area contributed by atoms with Gasteiger partial charge in [-0.15, -0.1) is 0 Å². The number of likely N-dealkylation sites (N-methyl/N-ethyl adjacent to an activating group) is 1. The number of carbonyl (C=O) groups excluding carboxylic acids is 1. The maximum atomic E-state index is 12.7. The zero-order chi connectivity index (χ0) is 14.8. The van der Waals surface area contributed by atoms with Crippen molar-refractivity contribution in [2.75, 3.05) is 14.1 Å². The van der Waals surface area contributed by atoms with Crippen molar-refractivity contribution in [3.63, 3.8) is 0 Å². The van der Waals surface area contributed by atoms with Gasteiger partial charge in [-0.2, -0.15) is 0 Å². The fourth-order valence-corrected chi connectivity index (χ4v) is 2.11. The lowest BCUT2D eigenvalue weighted by Crippen LogP contribution is -2.48. The van der Waals surface area contributed by atoms with Crippen LogP contribution in [0.4, 0.5) is 0 Å². The Balaban J connectivity index is 3.08. The van der Waals surface area contributed by atoms with Crippen molar-refractivity contribution in [3.05, 3.63) is 35.4 Å². The first kappa shape index (κ1) is 15.9. The van der Waals surface area contributed by atoms with E-state index in [0.717, 1.165) is 12.0 Å². The largest absolute Gasteiger partial charge is 0.297 e. The highest BCUT2D eigenvalue weighted by Crippen LogP contribution is 2.25. The SMILES string of the molecule is CCC(C)(C(=O)c1ccc(C(C)(C)C)cc1)N(C)C. The van der Waals surface area contributed by atoms with Crippen molar-refractivity contribution >= 4 is 5.78 Å². The molecule has 0 aliphatic rings. The standard InChI is InChI=1S/C17H27NO/c1-8-17(5,18(6)7)15(19)13-9-11-14(12-10-13)16(2,3)4/h9-12H,8H2,1-7H3. The third-order valence-electron chi connectivity index (χ3n) is 4.18. The van der Waals surface area contributed by atoms with Crippen LogP contribution in [0.5, 0.6) is 0 Å². The topological polar surface area (TPSA) is 20.3 Å². The molecule has 2 heteroatoms. The van der Waals surface area contributed by atoms with Gasteiger partial charge in [0.2, 0.25) is 0 Å². The molecular weight excluding hydrogens is 234 g/mol. The van der Waals surface area contributed by atoms with Gasteiger partial charge >= 0.3 is 0 Å².